The van der Waals surface area contributed by atoms with Gasteiger partial charge in [0.2, 0.25) is 0 Å². The first-order valence-corrected chi connectivity index (χ1v) is 3.81. The van der Waals surface area contributed by atoms with Crippen molar-refractivity contribution in [1.29, 1.82) is 0 Å². The fourth-order valence-corrected chi connectivity index (χ4v) is 1.45. The van der Waals surface area contributed by atoms with Crippen molar-refractivity contribution >= 4 is 0 Å². The maximum absolute atomic E-state index is 5.59. The first-order valence-electron chi connectivity index (χ1n) is 3.81. The van der Waals surface area contributed by atoms with Crippen LogP contribution in [-0.2, 0) is 0 Å². The molecule has 0 saturated heterocycles. The molecule has 1 aliphatic carbocycles. The molecular weight excluding hydrogens is 122 g/mol. The molecule has 56 valence electrons. The van der Waals surface area contributed by atoms with Crippen molar-refractivity contribution < 1.29 is 0 Å². The van der Waals surface area contributed by atoms with Gasteiger partial charge in [0.15, 0.2) is 0 Å². The molecule has 0 atom stereocenters. The number of hydrogen-bond donors (Lipinski definition) is 1. The Kier molecular flexibility index (Phi) is 2.28. The molecule has 0 aliphatic heterocycles. The zero-order valence-corrected chi connectivity index (χ0v) is 6.78. The highest BCUT2D eigenvalue weighted by molar-refractivity contribution is 5.37. The summed E-state index contributed by atoms with van der Waals surface area (Å²) in [5.74, 6) is 0. The summed E-state index contributed by atoms with van der Waals surface area (Å²) in [6.07, 6.45) is 4.67. The van der Waals surface area contributed by atoms with Gasteiger partial charge in [-0.25, -0.2) is 0 Å². The van der Waals surface area contributed by atoms with Gasteiger partial charge in [-0.15, -0.1) is 0 Å². The van der Waals surface area contributed by atoms with E-state index in [0.717, 1.165) is 0 Å². The molecule has 0 fully saturated rings. The first kappa shape index (κ1) is 7.55. The number of rotatable bonds is 1. The van der Waals surface area contributed by atoms with Crippen molar-refractivity contribution in [2.75, 3.05) is 6.54 Å². The fraction of sp³-hybridized carbons (Fsp3) is 0.556. The third-order valence-corrected chi connectivity index (χ3v) is 2.17. The molecule has 0 spiro atoms. The van der Waals surface area contributed by atoms with Crippen LogP contribution in [0.4, 0.5) is 0 Å². The molecule has 1 nitrogen and oxygen atoms in total. The smallest absolute Gasteiger partial charge is 0.0180 e. The average Bonchev–Trinajstić information content (AvgIpc) is 1.88. The Bertz CT molecular complexity index is 187. The second-order valence-electron chi connectivity index (χ2n) is 2.89. The summed E-state index contributed by atoms with van der Waals surface area (Å²) in [6.45, 7) is 5.03. The maximum Gasteiger partial charge on any atom is 0.0180 e. The van der Waals surface area contributed by atoms with Crippen LogP contribution in [0.3, 0.4) is 0 Å². The summed E-state index contributed by atoms with van der Waals surface area (Å²) in [7, 11) is 0. The number of hydrogen-bond acceptors (Lipinski definition) is 1. The number of nitrogens with two attached hydrogens (primary N) is 1. The zero-order chi connectivity index (χ0) is 7.56. The summed E-state index contributed by atoms with van der Waals surface area (Å²) in [5, 5.41) is 0. The predicted molar refractivity (Wildman–Crippen MR) is 44.7 cm³/mol. The van der Waals surface area contributed by atoms with Crippen LogP contribution in [0.5, 0.6) is 0 Å². The van der Waals surface area contributed by atoms with Gasteiger partial charge in [-0.1, -0.05) is 17.2 Å². The van der Waals surface area contributed by atoms with Gasteiger partial charge in [0.25, 0.3) is 0 Å². The topological polar surface area (TPSA) is 26.0 Å². The fourth-order valence-electron chi connectivity index (χ4n) is 1.45. The molecule has 0 aromatic rings. The third kappa shape index (κ3) is 1.29. The average molecular weight is 137 g/mol. The molecule has 0 radical (unpaired) electrons. The van der Waals surface area contributed by atoms with Gasteiger partial charge in [0.05, 0.1) is 0 Å². The maximum atomic E-state index is 5.59. The van der Waals surface area contributed by atoms with Crippen molar-refractivity contribution in [3.05, 3.63) is 22.8 Å². The quantitative estimate of drug-likeness (QED) is 0.587. The van der Waals surface area contributed by atoms with E-state index in [2.05, 4.69) is 19.9 Å². The third-order valence-electron chi connectivity index (χ3n) is 2.17. The molecule has 1 aliphatic rings. The molecule has 0 amide bonds. The number of allylic oxidation sites excluding steroid dienone is 2. The lowest BCUT2D eigenvalue weighted by Crippen LogP contribution is -2.08. The molecule has 10 heavy (non-hydrogen) atoms. The van der Waals surface area contributed by atoms with Crippen LogP contribution in [0.1, 0.15) is 26.7 Å². The highest BCUT2D eigenvalue weighted by Crippen LogP contribution is 2.23. The van der Waals surface area contributed by atoms with Crippen LogP contribution >= 0.6 is 0 Å². The van der Waals surface area contributed by atoms with Crippen molar-refractivity contribution in [1.82, 2.24) is 0 Å². The minimum Gasteiger partial charge on any atom is -0.326 e. The van der Waals surface area contributed by atoms with E-state index >= 15 is 0 Å². The van der Waals surface area contributed by atoms with Crippen molar-refractivity contribution in [3.63, 3.8) is 0 Å². The van der Waals surface area contributed by atoms with Gasteiger partial charge in [-0.2, -0.15) is 0 Å². The molecule has 0 bridgehead atoms. The van der Waals surface area contributed by atoms with Crippen molar-refractivity contribution in [3.8, 4) is 0 Å². The van der Waals surface area contributed by atoms with Crippen LogP contribution in [0.25, 0.3) is 0 Å². The minimum atomic E-state index is 0.703. The molecule has 0 aromatic carbocycles. The van der Waals surface area contributed by atoms with Gasteiger partial charge in [-0.3, -0.25) is 0 Å². The Morgan fingerprint density at radius 1 is 1.50 bits per heavy atom. The monoisotopic (exact) mass is 137 g/mol. The van der Waals surface area contributed by atoms with Gasteiger partial charge >= 0.3 is 0 Å². The van der Waals surface area contributed by atoms with E-state index in [9.17, 15) is 0 Å². The molecular formula is C9H15N. The minimum absolute atomic E-state index is 0.703. The van der Waals surface area contributed by atoms with E-state index < -0.39 is 0 Å². The van der Waals surface area contributed by atoms with E-state index in [-0.39, 0.29) is 0 Å². The van der Waals surface area contributed by atoms with E-state index in [1.165, 1.54) is 29.6 Å². The van der Waals surface area contributed by atoms with Gasteiger partial charge in [-0.05, 0) is 32.3 Å². The lowest BCUT2D eigenvalue weighted by molar-refractivity contribution is 0.899. The normalized spacial score (nSPS) is 19.3. The van der Waals surface area contributed by atoms with Crippen LogP contribution in [0, 0.1) is 0 Å². The Labute approximate surface area is 62.6 Å². The molecule has 1 heteroatoms. The largest absolute Gasteiger partial charge is 0.326 e. The molecule has 2 N–H and O–H groups in total. The van der Waals surface area contributed by atoms with Gasteiger partial charge in [0.1, 0.15) is 0 Å². The molecule has 0 saturated carbocycles. The van der Waals surface area contributed by atoms with Crippen molar-refractivity contribution in [2.45, 2.75) is 26.7 Å². The highest BCUT2D eigenvalue weighted by Gasteiger charge is 2.06. The second-order valence-corrected chi connectivity index (χ2v) is 2.89. The predicted octanol–water partition coefficient (Wildman–Crippen LogP) is 2.00. The van der Waals surface area contributed by atoms with Gasteiger partial charge in [0, 0.05) is 6.54 Å². The van der Waals surface area contributed by atoms with Crippen LogP contribution < -0.4 is 5.73 Å². The second kappa shape index (κ2) is 3.02. The molecule has 0 unspecified atom stereocenters. The summed E-state index contributed by atoms with van der Waals surface area (Å²) < 4.78 is 0. The first-order chi connectivity index (χ1) is 4.75. The van der Waals surface area contributed by atoms with E-state index in [0.29, 0.717) is 6.54 Å². The van der Waals surface area contributed by atoms with E-state index in [1.54, 1.807) is 0 Å². The molecule has 1 rings (SSSR count). The lowest BCUT2D eigenvalue weighted by atomic mass is 9.93. The Morgan fingerprint density at radius 3 is 2.60 bits per heavy atom. The SMILES string of the molecule is CC1=CCCC(C)=C1CN. The van der Waals surface area contributed by atoms with E-state index in [4.69, 9.17) is 5.73 Å². The van der Waals surface area contributed by atoms with Crippen molar-refractivity contribution in [2.24, 2.45) is 5.73 Å². The standard InChI is InChI=1S/C9H15N/c1-7-4-3-5-8(2)9(7)6-10/h4H,3,5-6,10H2,1-2H3. The van der Waals surface area contributed by atoms with Crippen LogP contribution in [0.15, 0.2) is 22.8 Å². The van der Waals surface area contributed by atoms with Gasteiger partial charge < -0.3 is 5.73 Å². The Hall–Kier alpha value is -0.560. The van der Waals surface area contributed by atoms with Crippen LogP contribution in [0.2, 0.25) is 0 Å². The highest BCUT2D eigenvalue weighted by atomic mass is 14.5. The van der Waals surface area contributed by atoms with Crippen LogP contribution in [-0.4, -0.2) is 6.54 Å². The summed E-state index contributed by atoms with van der Waals surface area (Å²) in [6, 6.07) is 0. The summed E-state index contributed by atoms with van der Waals surface area (Å²) >= 11 is 0. The molecule has 0 heterocycles. The lowest BCUT2D eigenvalue weighted by Gasteiger charge is -2.15. The summed E-state index contributed by atoms with van der Waals surface area (Å²) in [4.78, 5) is 0. The zero-order valence-electron chi connectivity index (χ0n) is 6.78. The van der Waals surface area contributed by atoms with E-state index in [1.807, 2.05) is 0 Å². The Morgan fingerprint density at radius 2 is 2.20 bits per heavy atom. The Balaban J connectivity index is 2.87. The summed E-state index contributed by atoms with van der Waals surface area (Å²) in [5.41, 5.74) is 9.81. The molecule has 0 aromatic heterocycles.